The molecule has 150 valence electrons. The molecule has 0 saturated heterocycles. The van der Waals surface area contributed by atoms with Crippen LogP contribution in [0.5, 0.6) is 0 Å². The normalized spacial score (nSPS) is 10.6. The Kier molecular flexibility index (Phi) is 6.50. The van der Waals surface area contributed by atoms with Crippen LogP contribution in [0.4, 0.5) is 0 Å². The van der Waals surface area contributed by atoms with Crippen molar-refractivity contribution in [2.24, 2.45) is 0 Å². The minimum Gasteiger partial charge on any atom is -0.462 e. The van der Waals surface area contributed by atoms with Crippen LogP contribution >= 0.6 is 0 Å². The number of benzene rings is 2. The SMILES string of the molecule is CCOC(=O)c1c(-c2ccccc2)c(C(=O)OCc2ccccc2)n(CC)c1C. The third kappa shape index (κ3) is 4.24. The Morgan fingerprint density at radius 2 is 1.48 bits per heavy atom. The summed E-state index contributed by atoms with van der Waals surface area (Å²) in [6.07, 6.45) is 0. The van der Waals surface area contributed by atoms with Gasteiger partial charge in [-0.05, 0) is 31.9 Å². The summed E-state index contributed by atoms with van der Waals surface area (Å²) in [4.78, 5) is 25.9. The highest BCUT2D eigenvalue weighted by molar-refractivity contribution is 6.07. The topological polar surface area (TPSA) is 57.5 Å². The van der Waals surface area contributed by atoms with Gasteiger partial charge in [-0.3, -0.25) is 0 Å². The summed E-state index contributed by atoms with van der Waals surface area (Å²) in [5.74, 6) is -0.902. The minimum atomic E-state index is -0.465. The molecule has 0 aliphatic heterocycles. The highest BCUT2D eigenvalue weighted by Crippen LogP contribution is 2.34. The number of carbonyl (C=O) groups is 2. The predicted molar refractivity (Wildman–Crippen MR) is 112 cm³/mol. The van der Waals surface area contributed by atoms with E-state index < -0.39 is 11.9 Å². The van der Waals surface area contributed by atoms with Crippen molar-refractivity contribution in [3.63, 3.8) is 0 Å². The van der Waals surface area contributed by atoms with Crippen molar-refractivity contribution in [2.75, 3.05) is 6.61 Å². The molecule has 0 aliphatic carbocycles. The van der Waals surface area contributed by atoms with E-state index >= 15 is 0 Å². The number of ether oxygens (including phenoxy) is 2. The van der Waals surface area contributed by atoms with Gasteiger partial charge in [-0.25, -0.2) is 9.59 Å². The zero-order chi connectivity index (χ0) is 20.8. The van der Waals surface area contributed by atoms with Crippen LogP contribution in [0, 0.1) is 6.92 Å². The summed E-state index contributed by atoms with van der Waals surface area (Å²) in [6, 6.07) is 18.9. The van der Waals surface area contributed by atoms with E-state index in [1.165, 1.54) is 0 Å². The molecule has 1 heterocycles. The van der Waals surface area contributed by atoms with E-state index in [1.54, 1.807) is 6.92 Å². The van der Waals surface area contributed by atoms with Crippen molar-refractivity contribution >= 4 is 11.9 Å². The molecule has 0 atom stereocenters. The van der Waals surface area contributed by atoms with Crippen molar-refractivity contribution < 1.29 is 19.1 Å². The van der Waals surface area contributed by atoms with Gasteiger partial charge < -0.3 is 14.0 Å². The van der Waals surface area contributed by atoms with Gasteiger partial charge in [-0.2, -0.15) is 0 Å². The summed E-state index contributed by atoms with van der Waals surface area (Å²) < 4.78 is 12.7. The highest BCUT2D eigenvalue weighted by Gasteiger charge is 2.30. The Morgan fingerprint density at radius 3 is 2.07 bits per heavy atom. The fourth-order valence-corrected chi connectivity index (χ4v) is 3.47. The quantitative estimate of drug-likeness (QED) is 0.531. The average molecular weight is 391 g/mol. The van der Waals surface area contributed by atoms with E-state index in [0.29, 0.717) is 29.1 Å². The second kappa shape index (κ2) is 9.24. The van der Waals surface area contributed by atoms with Crippen LogP contribution in [0.3, 0.4) is 0 Å². The molecule has 0 N–H and O–H groups in total. The van der Waals surface area contributed by atoms with E-state index in [1.807, 2.05) is 79.1 Å². The Bertz CT molecular complexity index is 991. The summed E-state index contributed by atoms with van der Waals surface area (Å²) >= 11 is 0. The number of hydrogen-bond acceptors (Lipinski definition) is 4. The number of aromatic nitrogens is 1. The van der Waals surface area contributed by atoms with Gasteiger partial charge in [0, 0.05) is 17.8 Å². The Hall–Kier alpha value is -3.34. The maximum Gasteiger partial charge on any atom is 0.355 e. The molecule has 2 aromatic carbocycles. The van der Waals surface area contributed by atoms with Gasteiger partial charge in [0.2, 0.25) is 0 Å². The van der Waals surface area contributed by atoms with E-state index in [0.717, 1.165) is 11.1 Å². The number of rotatable bonds is 7. The van der Waals surface area contributed by atoms with Crippen LogP contribution in [0.25, 0.3) is 11.1 Å². The van der Waals surface area contributed by atoms with Gasteiger partial charge in [0.05, 0.1) is 12.2 Å². The number of carbonyl (C=O) groups excluding carboxylic acids is 2. The van der Waals surface area contributed by atoms with E-state index in [2.05, 4.69) is 0 Å². The first-order chi connectivity index (χ1) is 14.1. The lowest BCUT2D eigenvalue weighted by atomic mass is 10.00. The van der Waals surface area contributed by atoms with Gasteiger partial charge in [0.1, 0.15) is 12.3 Å². The van der Waals surface area contributed by atoms with Crippen molar-refractivity contribution in [3.8, 4) is 11.1 Å². The number of nitrogens with zero attached hydrogens (tertiary/aromatic N) is 1. The second-order valence-corrected chi connectivity index (χ2v) is 6.58. The molecule has 5 nitrogen and oxygen atoms in total. The van der Waals surface area contributed by atoms with Crippen LogP contribution in [0.1, 0.15) is 46.0 Å². The first-order valence-corrected chi connectivity index (χ1v) is 9.75. The molecular weight excluding hydrogens is 366 g/mol. The first-order valence-electron chi connectivity index (χ1n) is 9.75. The molecule has 3 rings (SSSR count). The van der Waals surface area contributed by atoms with Gasteiger partial charge in [-0.15, -0.1) is 0 Å². The molecule has 0 fully saturated rings. The largest absolute Gasteiger partial charge is 0.462 e. The van der Waals surface area contributed by atoms with Crippen LogP contribution < -0.4 is 0 Å². The molecule has 5 heteroatoms. The van der Waals surface area contributed by atoms with Crippen molar-refractivity contribution in [2.45, 2.75) is 33.9 Å². The molecular formula is C24H25NO4. The van der Waals surface area contributed by atoms with Crippen LogP contribution in [-0.4, -0.2) is 23.1 Å². The summed E-state index contributed by atoms with van der Waals surface area (Å²) in [5, 5.41) is 0. The molecule has 0 radical (unpaired) electrons. The Labute approximate surface area is 170 Å². The lowest BCUT2D eigenvalue weighted by molar-refractivity contribution is 0.0460. The summed E-state index contributed by atoms with van der Waals surface area (Å²) in [6.45, 7) is 6.48. The average Bonchev–Trinajstić information content (AvgIpc) is 3.05. The maximum absolute atomic E-state index is 13.1. The van der Waals surface area contributed by atoms with Crippen molar-refractivity contribution in [3.05, 3.63) is 83.2 Å². The second-order valence-electron chi connectivity index (χ2n) is 6.58. The van der Waals surface area contributed by atoms with Crippen LogP contribution in [0.15, 0.2) is 60.7 Å². The van der Waals surface area contributed by atoms with Crippen molar-refractivity contribution in [1.82, 2.24) is 4.57 Å². The predicted octanol–water partition coefficient (Wildman–Crippen LogP) is 5.02. The fraction of sp³-hybridized carbons (Fsp3) is 0.250. The first kappa shape index (κ1) is 20.4. The van der Waals surface area contributed by atoms with Crippen LogP contribution in [0.2, 0.25) is 0 Å². The molecule has 0 saturated carbocycles. The molecule has 0 aliphatic rings. The maximum atomic E-state index is 13.1. The lowest BCUT2D eigenvalue weighted by Crippen LogP contribution is -2.13. The molecule has 1 aromatic heterocycles. The minimum absolute atomic E-state index is 0.163. The molecule has 29 heavy (non-hydrogen) atoms. The standard InChI is InChI=1S/C24H25NO4/c1-4-25-17(3)20(23(26)28-5-2)21(19-14-10-7-11-15-19)22(25)24(27)29-16-18-12-8-6-9-13-18/h6-15H,4-5,16H2,1-3H3. The monoisotopic (exact) mass is 391 g/mol. The van der Waals surface area contributed by atoms with Gasteiger partial charge in [-0.1, -0.05) is 60.7 Å². The van der Waals surface area contributed by atoms with E-state index in [9.17, 15) is 9.59 Å². The zero-order valence-corrected chi connectivity index (χ0v) is 17.0. The van der Waals surface area contributed by atoms with Crippen molar-refractivity contribution in [1.29, 1.82) is 0 Å². The smallest absolute Gasteiger partial charge is 0.355 e. The summed E-state index contributed by atoms with van der Waals surface area (Å²) in [5.41, 5.74) is 3.70. The Morgan fingerprint density at radius 1 is 0.862 bits per heavy atom. The molecule has 0 amide bonds. The Balaban J connectivity index is 2.10. The zero-order valence-electron chi connectivity index (χ0n) is 17.0. The van der Waals surface area contributed by atoms with E-state index in [-0.39, 0.29) is 13.2 Å². The third-order valence-electron chi connectivity index (χ3n) is 4.79. The molecule has 3 aromatic rings. The lowest BCUT2D eigenvalue weighted by Gasteiger charge is -2.11. The van der Waals surface area contributed by atoms with Gasteiger partial charge >= 0.3 is 11.9 Å². The summed E-state index contributed by atoms with van der Waals surface area (Å²) in [7, 11) is 0. The number of esters is 2. The van der Waals surface area contributed by atoms with Crippen LogP contribution in [-0.2, 0) is 22.6 Å². The number of hydrogen-bond donors (Lipinski definition) is 0. The molecule has 0 spiro atoms. The highest BCUT2D eigenvalue weighted by atomic mass is 16.5. The van der Waals surface area contributed by atoms with E-state index in [4.69, 9.17) is 9.47 Å². The van der Waals surface area contributed by atoms with Gasteiger partial charge in [0.25, 0.3) is 0 Å². The van der Waals surface area contributed by atoms with Gasteiger partial charge in [0.15, 0.2) is 0 Å². The third-order valence-corrected chi connectivity index (χ3v) is 4.79. The molecule has 0 bridgehead atoms. The fourth-order valence-electron chi connectivity index (χ4n) is 3.47. The molecule has 0 unspecified atom stereocenters.